The maximum Gasteiger partial charge on any atom is 0.385 e. The Morgan fingerprint density at radius 1 is 0.542 bits per heavy atom. The topological polar surface area (TPSA) is 26.3 Å². The minimum Gasteiger partial charge on any atom is -0.459 e. The van der Waals surface area contributed by atoms with E-state index in [9.17, 15) is 92.6 Å². The van der Waals surface area contributed by atoms with E-state index in [1.807, 2.05) is 6.92 Å². The monoisotopic (exact) mass is 752 g/mol. The lowest BCUT2D eigenvalue weighted by Gasteiger charge is -2.44. The van der Waals surface area contributed by atoms with Crippen LogP contribution in [0.15, 0.2) is 0 Å². The fourth-order valence-electron chi connectivity index (χ4n) is 5.83. The van der Waals surface area contributed by atoms with Gasteiger partial charge in [0.25, 0.3) is 0 Å². The summed E-state index contributed by atoms with van der Waals surface area (Å²) < 4.78 is 275. The smallest absolute Gasteiger partial charge is 0.385 e. The minimum atomic E-state index is -9.07. The minimum absolute atomic E-state index is 0.0623. The first-order valence-corrected chi connectivity index (χ1v) is 14.2. The van der Waals surface area contributed by atoms with Crippen molar-refractivity contribution in [1.82, 2.24) is 0 Å². The van der Waals surface area contributed by atoms with Crippen molar-refractivity contribution in [3.63, 3.8) is 0 Å². The van der Waals surface area contributed by atoms with Gasteiger partial charge in [-0.05, 0) is 56.3 Å². The Kier molecular flexibility index (Phi) is 11.7. The summed E-state index contributed by atoms with van der Waals surface area (Å²) in [5, 5.41) is 0. The maximum absolute atomic E-state index is 14.2. The zero-order valence-corrected chi connectivity index (χ0v) is 24.3. The quantitative estimate of drug-likeness (QED) is 0.131. The van der Waals surface area contributed by atoms with E-state index in [-0.39, 0.29) is 24.7 Å². The second-order valence-electron chi connectivity index (χ2n) is 12.1. The Balaban J connectivity index is 2.24. The molecule has 0 spiro atoms. The highest BCUT2D eigenvalue weighted by molar-refractivity contribution is 5.72. The molecule has 0 aliphatic heterocycles. The van der Waals surface area contributed by atoms with E-state index in [0.717, 1.165) is 32.1 Å². The van der Waals surface area contributed by atoms with Crippen molar-refractivity contribution in [3.8, 4) is 0 Å². The number of carbonyl (C=O) groups is 1. The Bertz CT molecular complexity index is 1100. The SMILES string of the molecule is CCC1CCC(C2CCC(C(=O)OCC(F)(F)C(F)(F)C(F)(F)C(F)(F)C(F)(F)C(F)(F)C(F)(F)C(F)(F)C(F)(F)C(F)F)CC2)CC1. The van der Waals surface area contributed by atoms with Crippen molar-refractivity contribution >= 4 is 5.97 Å². The van der Waals surface area contributed by atoms with Crippen molar-refractivity contribution in [2.24, 2.45) is 23.7 Å². The molecule has 0 N–H and O–H groups in total. The maximum atomic E-state index is 14.2. The largest absolute Gasteiger partial charge is 0.459 e. The number of ether oxygens (including phenoxy) is 1. The summed E-state index contributed by atoms with van der Waals surface area (Å²) in [4.78, 5) is 12.2. The predicted molar refractivity (Wildman–Crippen MR) is 123 cm³/mol. The van der Waals surface area contributed by atoms with Crippen LogP contribution in [0.25, 0.3) is 0 Å². The van der Waals surface area contributed by atoms with Crippen molar-refractivity contribution in [3.05, 3.63) is 0 Å². The van der Waals surface area contributed by atoms with Gasteiger partial charge >= 0.3 is 65.7 Å². The van der Waals surface area contributed by atoms with Crippen LogP contribution in [0.4, 0.5) is 87.8 Å². The second-order valence-corrected chi connectivity index (χ2v) is 12.1. The van der Waals surface area contributed by atoms with Gasteiger partial charge in [0, 0.05) is 0 Å². The van der Waals surface area contributed by atoms with Crippen molar-refractivity contribution in [2.45, 2.75) is 124 Å². The van der Waals surface area contributed by atoms with Crippen LogP contribution in [0.2, 0.25) is 0 Å². The molecule has 0 amide bonds. The van der Waals surface area contributed by atoms with Gasteiger partial charge in [-0.25, -0.2) is 8.78 Å². The van der Waals surface area contributed by atoms with Gasteiger partial charge in [0.05, 0.1) is 5.92 Å². The summed E-state index contributed by atoms with van der Waals surface area (Å²) in [5.74, 6) is -78.0. The van der Waals surface area contributed by atoms with E-state index in [1.165, 1.54) is 0 Å². The predicted octanol–water partition coefficient (Wildman–Crippen LogP) is 10.5. The molecule has 2 aliphatic rings. The Morgan fingerprint density at radius 2 is 0.875 bits per heavy atom. The van der Waals surface area contributed by atoms with Gasteiger partial charge < -0.3 is 4.74 Å². The van der Waals surface area contributed by atoms with Gasteiger partial charge in [-0.1, -0.05) is 26.2 Å². The summed E-state index contributed by atoms with van der Waals surface area (Å²) in [6, 6.07) is 0. The average Bonchev–Trinajstić information content (AvgIpc) is 2.99. The molecule has 0 aromatic carbocycles. The number of esters is 1. The van der Waals surface area contributed by atoms with Crippen LogP contribution in [-0.4, -0.2) is 72.3 Å². The lowest BCUT2D eigenvalue weighted by molar-refractivity contribution is -0.465. The molecule has 2 fully saturated rings. The molecular weight excluding hydrogens is 724 g/mol. The number of carbonyl (C=O) groups excluding carboxylic acids is 1. The van der Waals surface area contributed by atoms with Gasteiger partial charge in [0.15, 0.2) is 6.61 Å². The molecule has 0 heterocycles. The molecule has 2 aliphatic carbocycles. The third-order valence-electron chi connectivity index (χ3n) is 9.15. The fraction of sp³-hybridized carbons (Fsp3) is 0.962. The highest BCUT2D eigenvalue weighted by atomic mass is 19.4. The number of hydrogen-bond donors (Lipinski definition) is 0. The van der Waals surface area contributed by atoms with E-state index in [2.05, 4.69) is 4.74 Å². The highest BCUT2D eigenvalue weighted by Crippen LogP contribution is 2.65. The van der Waals surface area contributed by atoms with Crippen molar-refractivity contribution in [2.75, 3.05) is 6.61 Å². The summed E-state index contributed by atoms with van der Waals surface area (Å²) in [7, 11) is 0. The molecule has 0 atom stereocenters. The van der Waals surface area contributed by atoms with Crippen LogP contribution in [-0.2, 0) is 9.53 Å². The van der Waals surface area contributed by atoms with E-state index in [0.29, 0.717) is 18.8 Å². The summed E-state index contributed by atoms with van der Waals surface area (Å²) in [6.45, 7) is -1.29. The van der Waals surface area contributed by atoms with Crippen molar-refractivity contribution in [1.29, 1.82) is 0 Å². The third-order valence-corrected chi connectivity index (χ3v) is 9.15. The van der Waals surface area contributed by atoms with Gasteiger partial charge in [-0.15, -0.1) is 0 Å². The van der Waals surface area contributed by atoms with E-state index in [4.69, 9.17) is 0 Å². The normalized spacial score (nSPS) is 25.0. The molecule has 0 unspecified atom stereocenters. The van der Waals surface area contributed by atoms with Gasteiger partial charge in [0.2, 0.25) is 0 Å². The summed E-state index contributed by atoms with van der Waals surface area (Å²) in [6.07, 6.45) is -1.17. The highest BCUT2D eigenvalue weighted by Gasteiger charge is 2.96. The average molecular weight is 752 g/mol. The number of halogens is 20. The molecule has 0 bridgehead atoms. The fourth-order valence-corrected chi connectivity index (χ4v) is 5.83. The zero-order chi connectivity index (χ0) is 37.7. The molecule has 2 rings (SSSR count). The number of rotatable bonds is 14. The molecule has 2 nitrogen and oxygen atoms in total. The van der Waals surface area contributed by atoms with E-state index in [1.54, 1.807) is 0 Å². The molecule has 22 heteroatoms. The summed E-state index contributed by atoms with van der Waals surface area (Å²) >= 11 is 0. The first-order valence-electron chi connectivity index (χ1n) is 14.2. The Morgan fingerprint density at radius 3 is 1.23 bits per heavy atom. The van der Waals surface area contributed by atoms with Crippen molar-refractivity contribution < 1.29 is 97.3 Å². The molecule has 0 saturated heterocycles. The molecule has 0 aromatic rings. The molecule has 0 radical (unpaired) electrons. The Labute approximate surface area is 258 Å². The van der Waals surface area contributed by atoms with Crippen LogP contribution < -0.4 is 0 Å². The number of hydrogen-bond acceptors (Lipinski definition) is 2. The third kappa shape index (κ3) is 6.51. The van der Waals surface area contributed by atoms with Gasteiger partial charge in [-0.2, -0.15) is 79.0 Å². The van der Waals surface area contributed by atoms with E-state index < -0.39 is 78.2 Å². The first kappa shape index (κ1) is 42.2. The molecule has 0 aromatic heterocycles. The van der Waals surface area contributed by atoms with Crippen LogP contribution >= 0.6 is 0 Å². The standard InChI is InChI=1S/C26H28F20O2/c1-2-12-3-5-13(6-4-12)14-7-9-15(10-8-14)16(47)48-11-18(29,30)20(33,34)22(37,38)24(41,42)26(45,46)25(43,44)23(39,40)21(35,36)19(31,32)17(27)28/h12-15,17H,2-11H2,1H3. The van der Waals surface area contributed by atoms with Crippen LogP contribution in [0.1, 0.15) is 64.7 Å². The van der Waals surface area contributed by atoms with Crippen LogP contribution in [0.5, 0.6) is 0 Å². The van der Waals surface area contributed by atoms with Gasteiger partial charge in [0.1, 0.15) is 0 Å². The second kappa shape index (κ2) is 13.3. The molecule has 284 valence electrons. The summed E-state index contributed by atoms with van der Waals surface area (Å²) in [5.41, 5.74) is 0. The van der Waals surface area contributed by atoms with E-state index >= 15 is 0 Å². The molecular formula is C26H28F20O2. The lowest BCUT2D eigenvalue weighted by Crippen LogP contribution is -2.76. The van der Waals surface area contributed by atoms with Gasteiger partial charge in [-0.3, -0.25) is 4.79 Å². The Hall–Kier alpha value is -1.93. The number of alkyl halides is 20. The first-order chi connectivity index (χ1) is 21.3. The van der Waals surface area contributed by atoms with Crippen LogP contribution in [0, 0.1) is 23.7 Å². The zero-order valence-electron chi connectivity index (χ0n) is 24.3. The molecule has 2 saturated carbocycles. The molecule has 48 heavy (non-hydrogen) atoms. The lowest BCUT2D eigenvalue weighted by atomic mass is 9.69. The van der Waals surface area contributed by atoms with Crippen LogP contribution in [0.3, 0.4) is 0 Å².